The molecule has 1 aliphatic heterocycles. The first kappa shape index (κ1) is 17.6. The molecule has 0 radical (unpaired) electrons. The second-order valence-electron chi connectivity index (χ2n) is 6.69. The third kappa shape index (κ3) is 4.31. The zero-order valence-electron chi connectivity index (χ0n) is 14.6. The second kappa shape index (κ2) is 7.44. The van der Waals surface area contributed by atoms with Crippen molar-refractivity contribution in [2.45, 2.75) is 24.3 Å². The van der Waals surface area contributed by atoms with E-state index in [-0.39, 0.29) is 23.6 Å². The lowest BCUT2D eigenvalue weighted by Gasteiger charge is -2.17. The van der Waals surface area contributed by atoms with Gasteiger partial charge < -0.3 is 16.0 Å². The van der Waals surface area contributed by atoms with E-state index in [0.717, 1.165) is 29.0 Å². The predicted molar refractivity (Wildman–Crippen MR) is 105 cm³/mol. The average Bonchev–Trinajstić information content (AvgIpc) is 3.52. The summed E-state index contributed by atoms with van der Waals surface area (Å²) < 4.78 is 0. The molecule has 1 aliphatic carbocycles. The van der Waals surface area contributed by atoms with E-state index in [1.807, 2.05) is 30.3 Å². The van der Waals surface area contributed by atoms with Gasteiger partial charge in [-0.25, -0.2) is 0 Å². The van der Waals surface area contributed by atoms with Crippen LogP contribution in [0.4, 0.5) is 11.4 Å². The van der Waals surface area contributed by atoms with Crippen LogP contribution in [0, 0.1) is 5.92 Å². The molecule has 1 saturated carbocycles. The van der Waals surface area contributed by atoms with Crippen LogP contribution in [0.5, 0.6) is 0 Å². The van der Waals surface area contributed by atoms with Crippen molar-refractivity contribution < 1.29 is 14.4 Å². The summed E-state index contributed by atoms with van der Waals surface area (Å²) in [5.41, 5.74) is 2.89. The van der Waals surface area contributed by atoms with Gasteiger partial charge in [0.25, 0.3) is 5.91 Å². The molecule has 138 valence electrons. The van der Waals surface area contributed by atoms with Crippen LogP contribution in [0.3, 0.4) is 0 Å². The smallest absolute Gasteiger partial charge is 0.251 e. The van der Waals surface area contributed by atoms with Crippen molar-refractivity contribution in [2.75, 3.05) is 16.4 Å². The number of carbonyl (C=O) groups excluding carboxylic acids is 3. The minimum absolute atomic E-state index is 0.0566. The Morgan fingerprint density at radius 1 is 1.11 bits per heavy atom. The Balaban J connectivity index is 1.34. The molecular weight excluding hydrogens is 362 g/mol. The van der Waals surface area contributed by atoms with E-state index >= 15 is 0 Å². The van der Waals surface area contributed by atoms with Crippen LogP contribution in [-0.4, -0.2) is 23.5 Å². The fraction of sp³-hybridized carbons (Fsp3) is 0.250. The molecule has 7 heteroatoms. The van der Waals surface area contributed by atoms with Crippen LogP contribution in [-0.2, 0) is 16.1 Å². The standard InChI is InChI=1S/C20H19N3O3S/c24-18-11-27-17-8-5-14(9-16(17)23-18)19(25)21-10-12-1-6-15(7-2-12)22-20(26)13-3-4-13/h1-2,5-9,13H,3-4,10-11H2,(H,21,25)(H,22,26)(H,23,24). The monoisotopic (exact) mass is 381 g/mol. The zero-order valence-corrected chi connectivity index (χ0v) is 15.4. The number of hydrogen-bond acceptors (Lipinski definition) is 4. The van der Waals surface area contributed by atoms with E-state index in [0.29, 0.717) is 23.5 Å². The summed E-state index contributed by atoms with van der Waals surface area (Å²) >= 11 is 1.46. The molecule has 3 amide bonds. The molecule has 0 spiro atoms. The van der Waals surface area contributed by atoms with Crippen molar-refractivity contribution in [1.82, 2.24) is 5.32 Å². The summed E-state index contributed by atoms with van der Waals surface area (Å²) in [5.74, 6) is 0.389. The maximum Gasteiger partial charge on any atom is 0.251 e. The first-order valence-corrected chi connectivity index (χ1v) is 9.82. The number of rotatable bonds is 5. The third-order valence-electron chi connectivity index (χ3n) is 4.50. The molecule has 0 unspecified atom stereocenters. The number of amides is 3. The summed E-state index contributed by atoms with van der Waals surface area (Å²) in [6, 6.07) is 12.8. The molecule has 2 aromatic carbocycles. The number of hydrogen-bond donors (Lipinski definition) is 3. The van der Waals surface area contributed by atoms with Crippen LogP contribution in [0.1, 0.15) is 28.8 Å². The van der Waals surface area contributed by atoms with Crippen molar-refractivity contribution in [2.24, 2.45) is 5.92 Å². The Morgan fingerprint density at radius 3 is 2.63 bits per heavy atom. The average molecular weight is 381 g/mol. The normalized spacial score (nSPS) is 15.5. The van der Waals surface area contributed by atoms with Crippen LogP contribution in [0.25, 0.3) is 0 Å². The van der Waals surface area contributed by atoms with Gasteiger partial charge in [-0.2, -0.15) is 0 Å². The molecule has 0 atom stereocenters. The Kier molecular flexibility index (Phi) is 4.85. The molecule has 0 saturated heterocycles. The molecule has 27 heavy (non-hydrogen) atoms. The highest BCUT2D eigenvalue weighted by Gasteiger charge is 2.29. The van der Waals surface area contributed by atoms with Crippen LogP contribution in [0.2, 0.25) is 0 Å². The fourth-order valence-electron chi connectivity index (χ4n) is 2.80. The Bertz CT molecular complexity index is 907. The highest BCUT2D eigenvalue weighted by molar-refractivity contribution is 8.00. The summed E-state index contributed by atoms with van der Waals surface area (Å²) in [7, 11) is 0. The van der Waals surface area contributed by atoms with Gasteiger partial charge in [-0.3, -0.25) is 14.4 Å². The molecule has 1 heterocycles. The number of thioether (sulfide) groups is 1. The summed E-state index contributed by atoms with van der Waals surface area (Å²) in [6.45, 7) is 0.383. The largest absolute Gasteiger partial charge is 0.348 e. The van der Waals surface area contributed by atoms with E-state index in [4.69, 9.17) is 0 Å². The van der Waals surface area contributed by atoms with Gasteiger partial charge in [0, 0.05) is 28.6 Å². The number of nitrogens with one attached hydrogen (secondary N) is 3. The Labute approximate surface area is 161 Å². The van der Waals surface area contributed by atoms with Gasteiger partial charge in [-0.1, -0.05) is 12.1 Å². The van der Waals surface area contributed by atoms with E-state index in [9.17, 15) is 14.4 Å². The fourth-order valence-corrected chi connectivity index (χ4v) is 3.59. The van der Waals surface area contributed by atoms with E-state index in [1.54, 1.807) is 12.1 Å². The van der Waals surface area contributed by atoms with Gasteiger partial charge in [0.05, 0.1) is 11.4 Å². The van der Waals surface area contributed by atoms with Crippen LogP contribution >= 0.6 is 11.8 Å². The van der Waals surface area contributed by atoms with Gasteiger partial charge in [0.1, 0.15) is 0 Å². The Morgan fingerprint density at radius 2 is 1.89 bits per heavy atom. The lowest BCUT2D eigenvalue weighted by molar-refractivity contribution is -0.117. The molecule has 2 aliphatic rings. The van der Waals surface area contributed by atoms with Crippen molar-refractivity contribution in [3.63, 3.8) is 0 Å². The predicted octanol–water partition coefficient (Wildman–Crippen LogP) is 3.01. The molecule has 2 aromatic rings. The number of benzene rings is 2. The van der Waals surface area contributed by atoms with E-state index in [2.05, 4.69) is 16.0 Å². The first-order chi connectivity index (χ1) is 13.1. The minimum Gasteiger partial charge on any atom is -0.348 e. The molecule has 0 bridgehead atoms. The minimum atomic E-state index is -0.200. The molecule has 1 fully saturated rings. The number of carbonyl (C=O) groups is 3. The van der Waals surface area contributed by atoms with Gasteiger partial charge in [-0.15, -0.1) is 11.8 Å². The second-order valence-corrected chi connectivity index (χ2v) is 7.71. The van der Waals surface area contributed by atoms with Gasteiger partial charge >= 0.3 is 0 Å². The molecule has 4 rings (SSSR count). The third-order valence-corrected chi connectivity index (χ3v) is 5.57. The zero-order chi connectivity index (χ0) is 18.8. The highest BCUT2D eigenvalue weighted by Crippen LogP contribution is 2.32. The summed E-state index contributed by atoms with van der Waals surface area (Å²) in [5, 5.41) is 8.56. The maximum absolute atomic E-state index is 12.4. The van der Waals surface area contributed by atoms with Crippen molar-refractivity contribution in [3.05, 3.63) is 53.6 Å². The van der Waals surface area contributed by atoms with Crippen LogP contribution in [0.15, 0.2) is 47.4 Å². The summed E-state index contributed by atoms with van der Waals surface area (Å²) in [6.07, 6.45) is 1.95. The Hall–Kier alpha value is -2.80. The van der Waals surface area contributed by atoms with Crippen molar-refractivity contribution >= 4 is 40.9 Å². The highest BCUT2D eigenvalue weighted by atomic mass is 32.2. The van der Waals surface area contributed by atoms with Crippen molar-refractivity contribution in [3.8, 4) is 0 Å². The lowest BCUT2D eigenvalue weighted by atomic mass is 10.1. The summed E-state index contributed by atoms with van der Waals surface area (Å²) in [4.78, 5) is 36.6. The number of anilines is 2. The SMILES string of the molecule is O=C1CSc2ccc(C(=O)NCc3ccc(NC(=O)C4CC4)cc3)cc2N1. The van der Waals surface area contributed by atoms with Gasteiger partial charge in [-0.05, 0) is 48.7 Å². The molecular formula is C20H19N3O3S. The number of fused-ring (bicyclic) bond motifs is 1. The van der Waals surface area contributed by atoms with E-state index < -0.39 is 0 Å². The lowest BCUT2D eigenvalue weighted by Crippen LogP contribution is -2.24. The topological polar surface area (TPSA) is 87.3 Å². The molecule has 6 nitrogen and oxygen atoms in total. The quantitative estimate of drug-likeness (QED) is 0.743. The van der Waals surface area contributed by atoms with Crippen LogP contribution < -0.4 is 16.0 Å². The van der Waals surface area contributed by atoms with E-state index in [1.165, 1.54) is 11.8 Å². The maximum atomic E-state index is 12.4. The van der Waals surface area contributed by atoms with Gasteiger partial charge in [0.2, 0.25) is 11.8 Å². The van der Waals surface area contributed by atoms with Gasteiger partial charge in [0.15, 0.2) is 0 Å². The van der Waals surface area contributed by atoms with Crippen molar-refractivity contribution in [1.29, 1.82) is 0 Å². The molecule has 0 aromatic heterocycles. The first-order valence-electron chi connectivity index (χ1n) is 8.83. The molecule has 3 N–H and O–H groups in total.